The van der Waals surface area contributed by atoms with E-state index in [0.717, 1.165) is 0 Å². The minimum absolute atomic E-state index is 0.0528. The predicted molar refractivity (Wildman–Crippen MR) is 76.9 cm³/mol. The van der Waals surface area contributed by atoms with E-state index in [-0.39, 0.29) is 24.4 Å². The van der Waals surface area contributed by atoms with E-state index in [1.165, 1.54) is 12.4 Å². The van der Waals surface area contributed by atoms with E-state index in [2.05, 4.69) is 10.3 Å². The van der Waals surface area contributed by atoms with Gasteiger partial charge < -0.3 is 9.26 Å². The van der Waals surface area contributed by atoms with E-state index in [4.69, 9.17) is 9.26 Å². The molecule has 22 heavy (non-hydrogen) atoms. The molecule has 0 saturated heterocycles. The summed E-state index contributed by atoms with van der Waals surface area (Å²) in [6.45, 7) is 0.382. The van der Waals surface area contributed by atoms with E-state index >= 15 is 0 Å². The summed E-state index contributed by atoms with van der Waals surface area (Å²) < 4.78 is 11.5. The molecule has 0 amide bonds. The number of aromatic nitrogens is 3. The van der Waals surface area contributed by atoms with Crippen LogP contribution >= 0.6 is 0 Å². The van der Waals surface area contributed by atoms with Crippen LogP contribution in [-0.4, -0.2) is 20.9 Å². The van der Waals surface area contributed by atoms with Gasteiger partial charge in [-0.1, -0.05) is 17.3 Å². The highest BCUT2D eigenvalue weighted by atomic mass is 16.5. The first-order valence-electron chi connectivity index (χ1n) is 6.74. The molecule has 0 aliphatic carbocycles. The number of para-hydroxylation sites is 1. The first-order valence-corrected chi connectivity index (χ1v) is 6.74. The van der Waals surface area contributed by atoms with Gasteiger partial charge in [0.1, 0.15) is 0 Å². The third kappa shape index (κ3) is 3.03. The summed E-state index contributed by atoms with van der Waals surface area (Å²) in [7, 11) is 0. The molecular weight excluding hydrogens is 286 g/mol. The fourth-order valence-electron chi connectivity index (χ4n) is 2.08. The molecular formula is C15H13N3O4. The number of fused-ring (bicyclic) bond motifs is 1. The Hall–Kier alpha value is -2.96. The highest BCUT2D eigenvalue weighted by Gasteiger charge is 2.08. The van der Waals surface area contributed by atoms with Crippen molar-refractivity contribution in [2.75, 3.05) is 0 Å². The summed E-state index contributed by atoms with van der Waals surface area (Å²) in [5.41, 5.74) is 0.554. The zero-order valence-corrected chi connectivity index (χ0v) is 11.6. The van der Waals surface area contributed by atoms with Gasteiger partial charge in [0.15, 0.2) is 12.4 Å². The molecule has 1 aromatic carbocycles. The molecule has 7 nitrogen and oxygen atoms in total. The van der Waals surface area contributed by atoms with Crippen molar-refractivity contribution >= 4 is 16.9 Å². The summed E-state index contributed by atoms with van der Waals surface area (Å²) in [5.74, 6) is 0.112. The van der Waals surface area contributed by atoms with E-state index in [1.807, 2.05) is 6.07 Å². The van der Waals surface area contributed by atoms with E-state index < -0.39 is 0 Å². The number of aryl methyl sites for hydroxylation is 1. The number of esters is 1. The van der Waals surface area contributed by atoms with Crippen molar-refractivity contribution in [2.24, 2.45) is 0 Å². The summed E-state index contributed by atoms with van der Waals surface area (Å²) >= 11 is 0. The second-order valence-corrected chi connectivity index (χ2v) is 4.64. The first kappa shape index (κ1) is 14.0. The van der Waals surface area contributed by atoms with E-state index in [9.17, 15) is 9.59 Å². The SMILES string of the molecule is O=C(CCn1ncc(=O)c2ccccc21)OCc1ccno1. The standard InChI is InChI=1S/C15H13N3O4/c19-14-9-16-18(13-4-2-1-3-12(13)14)8-6-15(20)21-10-11-5-7-17-22-11/h1-5,7,9H,6,8,10H2. The molecule has 0 bridgehead atoms. The Morgan fingerprint density at radius 1 is 1.27 bits per heavy atom. The maximum atomic E-state index is 11.7. The zero-order chi connectivity index (χ0) is 15.4. The molecule has 3 aromatic rings. The van der Waals surface area contributed by atoms with Gasteiger partial charge in [0.25, 0.3) is 0 Å². The molecule has 0 N–H and O–H groups in total. The van der Waals surface area contributed by atoms with Crippen molar-refractivity contribution in [3.05, 3.63) is 58.7 Å². The molecule has 112 valence electrons. The number of hydrogen-bond donors (Lipinski definition) is 0. The van der Waals surface area contributed by atoms with Crippen LogP contribution in [0.3, 0.4) is 0 Å². The van der Waals surface area contributed by atoms with Crippen LogP contribution in [0.25, 0.3) is 10.9 Å². The van der Waals surface area contributed by atoms with E-state index in [1.54, 1.807) is 28.9 Å². The lowest BCUT2D eigenvalue weighted by Gasteiger charge is -2.08. The quantitative estimate of drug-likeness (QED) is 0.664. The van der Waals surface area contributed by atoms with Crippen LogP contribution in [-0.2, 0) is 22.7 Å². The van der Waals surface area contributed by atoms with Crippen LogP contribution in [0.15, 0.2) is 52.0 Å². The van der Waals surface area contributed by atoms with Crippen LogP contribution in [0, 0.1) is 0 Å². The third-order valence-corrected chi connectivity index (χ3v) is 3.16. The summed E-state index contributed by atoms with van der Waals surface area (Å²) in [4.78, 5) is 23.4. The normalized spacial score (nSPS) is 10.7. The largest absolute Gasteiger partial charge is 0.457 e. The van der Waals surface area contributed by atoms with Gasteiger partial charge in [0, 0.05) is 11.5 Å². The van der Waals surface area contributed by atoms with Crippen molar-refractivity contribution in [1.29, 1.82) is 0 Å². The van der Waals surface area contributed by atoms with Crippen molar-refractivity contribution in [2.45, 2.75) is 19.6 Å². The van der Waals surface area contributed by atoms with Crippen LogP contribution in [0.1, 0.15) is 12.2 Å². The van der Waals surface area contributed by atoms with Gasteiger partial charge in [-0.25, -0.2) is 0 Å². The Bertz CT molecular complexity index is 839. The lowest BCUT2D eigenvalue weighted by atomic mass is 10.2. The number of hydrogen-bond acceptors (Lipinski definition) is 6. The van der Waals surface area contributed by atoms with E-state index in [0.29, 0.717) is 23.2 Å². The lowest BCUT2D eigenvalue weighted by Crippen LogP contribution is -2.15. The fraction of sp³-hybridized carbons (Fsp3) is 0.200. The Kier molecular flexibility index (Phi) is 3.95. The van der Waals surface area contributed by atoms with Crippen LogP contribution in [0.4, 0.5) is 0 Å². The van der Waals surface area contributed by atoms with Crippen LogP contribution < -0.4 is 5.43 Å². The number of carbonyl (C=O) groups excluding carboxylic acids is 1. The molecule has 0 fully saturated rings. The summed E-state index contributed by atoms with van der Waals surface area (Å²) in [6, 6.07) is 8.77. The van der Waals surface area contributed by atoms with Crippen molar-refractivity contribution in [3.63, 3.8) is 0 Å². The number of benzene rings is 1. The molecule has 0 unspecified atom stereocenters. The number of ether oxygens (including phenoxy) is 1. The molecule has 0 atom stereocenters. The molecule has 2 heterocycles. The summed E-state index contributed by atoms with van der Waals surface area (Å²) in [6.07, 6.45) is 2.88. The second kappa shape index (κ2) is 6.21. The van der Waals surface area contributed by atoms with Crippen molar-refractivity contribution in [3.8, 4) is 0 Å². The smallest absolute Gasteiger partial charge is 0.308 e. The average molecular weight is 299 g/mol. The molecule has 0 saturated carbocycles. The van der Waals surface area contributed by atoms with Gasteiger partial charge in [0.05, 0.1) is 30.9 Å². The number of rotatable bonds is 5. The Balaban J connectivity index is 1.65. The molecule has 2 aromatic heterocycles. The van der Waals surface area contributed by atoms with Crippen molar-refractivity contribution in [1.82, 2.24) is 14.9 Å². The van der Waals surface area contributed by atoms with Crippen LogP contribution in [0.5, 0.6) is 0 Å². The maximum Gasteiger partial charge on any atom is 0.308 e. The topological polar surface area (TPSA) is 87.2 Å². The van der Waals surface area contributed by atoms with Gasteiger partial charge in [-0.05, 0) is 12.1 Å². The number of nitrogens with zero attached hydrogens (tertiary/aromatic N) is 3. The van der Waals surface area contributed by atoms with Crippen LogP contribution in [0.2, 0.25) is 0 Å². The highest BCUT2D eigenvalue weighted by Crippen LogP contribution is 2.09. The molecule has 0 spiro atoms. The maximum absolute atomic E-state index is 11.7. The highest BCUT2D eigenvalue weighted by molar-refractivity contribution is 5.78. The first-order chi connectivity index (χ1) is 10.7. The van der Waals surface area contributed by atoms with Crippen molar-refractivity contribution < 1.29 is 14.1 Å². The fourth-order valence-corrected chi connectivity index (χ4v) is 2.08. The zero-order valence-electron chi connectivity index (χ0n) is 11.6. The second-order valence-electron chi connectivity index (χ2n) is 4.64. The van der Waals surface area contributed by atoms with Gasteiger partial charge in [-0.2, -0.15) is 5.10 Å². The van der Waals surface area contributed by atoms with Gasteiger partial charge >= 0.3 is 5.97 Å². The van der Waals surface area contributed by atoms with Gasteiger partial charge in [-0.15, -0.1) is 0 Å². The average Bonchev–Trinajstić information content (AvgIpc) is 3.06. The molecule has 0 radical (unpaired) electrons. The molecule has 7 heteroatoms. The van der Waals surface area contributed by atoms with Gasteiger partial charge in [0.2, 0.25) is 5.43 Å². The third-order valence-electron chi connectivity index (χ3n) is 3.16. The predicted octanol–water partition coefficient (Wildman–Crippen LogP) is 1.52. The number of carbonyl (C=O) groups is 1. The van der Waals surface area contributed by atoms with Gasteiger partial charge in [-0.3, -0.25) is 14.3 Å². The Morgan fingerprint density at radius 2 is 2.14 bits per heavy atom. The molecule has 0 aliphatic heterocycles. The Labute approximate surface area is 125 Å². The minimum atomic E-state index is -0.374. The summed E-state index contributed by atoms with van der Waals surface area (Å²) in [5, 5.41) is 8.16. The molecule has 0 aliphatic rings. The Morgan fingerprint density at radius 3 is 2.95 bits per heavy atom. The monoisotopic (exact) mass is 299 g/mol. The molecule has 3 rings (SSSR count). The lowest BCUT2D eigenvalue weighted by molar-refractivity contribution is -0.145. The minimum Gasteiger partial charge on any atom is -0.457 e.